The molecule has 6 nitrogen and oxygen atoms in total. The second-order valence-electron chi connectivity index (χ2n) is 7.15. The van der Waals surface area contributed by atoms with E-state index in [4.69, 9.17) is 23.2 Å². The third kappa shape index (κ3) is 6.64. The van der Waals surface area contributed by atoms with Gasteiger partial charge in [-0.2, -0.15) is 16.1 Å². The smallest absolute Gasteiger partial charge is 0.336 e. The second-order valence-corrected chi connectivity index (χ2v) is 10.8. The van der Waals surface area contributed by atoms with Gasteiger partial charge in [-0.3, -0.25) is 0 Å². The Balaban J connectivity index is 1.86. The van der Waals surface area contributed by atoms with Gasteiger partial charge in [0.2, 0.25) is 0 Å². The number of aliphatic hydroxyl groups is 1. The number of sulfonamides is 1. The Kier molecular flexibility index (Phi) is 9.21. The van der Waals surface area contributed by atoms with Crippen LogP contribution in [0.25, 0.3) is 0 Å². The molecule has 0 fully saturated rings. The molecule has 0 radical (unpaired) electrons. The molecule has 11 heteroatoms. The van der Waals surface area contributed by atoms with Gasteiger partial charge in [0, 0.05) is 21.6 Å². The van der Waals surface area contributed by atoms with Crippen LogP contribution in [0.15, 0.2) is 77.7 Å². The number of nitrogens with one attached hydrogen (secondary N) is 1. The summed E-state index contributed by atoms with van der Waals surface area (Å²) >= 11 is 13.3. The lowest BCUT2D eigenvalue weighted by molar-refractivity contribution is 0.228. The SMILES string of the molecule is O=C(N[C@H](CO)CSCc1ccccc1)N(c1cc(Cl)ccc1F)S(=O)(=O)c1ccc(Cl)cc1. The van der Waals surface area contributed by atoms with Crippen LogP contribution in [0.5, 0.6) is 0 Å². The van der Waals surface area contributed by atoms with Crippen molar-refractivity contribution in [2.24, 2.45) is 0 Å². The highest BCUT2D eigenvalue weighted by atomic mass is 35.5. The van der Waals surface area contributed by atoms with Gasteiger partial charge in [-0.25, -0.2) is 17.6 Å². The van der Waals surface area contributed by atoms with Crippen molar-refractivity contribution in [1.29, 1.82) is 0 Å². The molecular weight excluding hydrogens is 522 g/mol. The number of urea groups is 1. The Labute approximate surface area is 211 Å². The fourth-order valence-electron chi connectivity index (χ4n) is 2.97. The molecule has 0 heterocycles. The zero-order valence-corrected chi connectivity index (χ0v) is 20.8. The summed E-state index contributed by atoms with van der Waals surface area (Å²) in [5.74, 6) is -0.0384. The van der Waals surface area contributed by atoms with E-state index in [1.54, 1.807) is 0 Å². The maximum Gasteiger partial charge on any atom is 0.336 e. The van der Waals surface area contributed by atoms with E-state index in [-0.39, 0.29) is 9.92 Å². The predicted octanol–water partition coefficient (Wildman–Crippen LogP) is 5.33. The van der Waals surface area contributed by atoms with Gasteiger partial charge in [0.1, 0.15) is 5.82 Å². The van der Waals surface area contributed by atoms with E-state index in [9.17, 15) is 22.7 Å². The van der Waals surface area contributed by atoms with Crippen molar-refractivity contribution in [3.63, 3.8) is 0 Å². The Morgan fingerprint density at radius 3 is 2.32 bits per heavy atom. The van der Waals surface area contributed by atoms with Crippen LogP contribution < -0.4 is 9.62 Å². The van der Waals surface area contributed by atoms with Gasteiger partial charge in [-0.1, -0.05) is 53.5 Å². The van der Waals surface area contributed by atoms with Gasteiger partial charge in [0.05, 0.1) is 23.2 Å². The van der Waals surface area contributed by atoms with E-state index < -0.39 is 40.2 Å². The van der Waals surface area contributed by atoms with Crippen molar-refractivity contribution in [2.45, 2.75) is 16.7 Å². The molecule has 0 aliphatic rings. The molecule has 0 saturated carbocycles. The van der Waals surface area contributed by atoms with Crippen LogP contribution in [0.4, 0.5) is 14.9 Å². The molecule has 1 atom stereocenters. The van der Waals surface area contributed by atoms with Crippen molar-refractivity contribution < 1.29 is 22.7 Å². The molecule has 0 bridgehead atoms. The lowest BCUT2D eigenvalue weighted by Crippen LogP contribution is -2.50. The molecule has 0 aromatic heterocycles. The average Bonchev–Trinajstić information content (AvgIpc) is 2.81. The Bertz CT molecular complexity index is 1230. The minimum absolute atomic E-state index is 0.0395. The topological polar surface area (TPSA) is 86.7 Å². The zero-order chi connectivity index (χ0) is 24.7. The maximum absolute atomic E-state index is 14.7. The number of rotatable bonds is 9. The predicted molar refractivity (Wildman–Crippen MR) is 135 cm³/mol. The third-order valence-corrected chi connectivity index (χ3v) is 8.02. The molecule has 3 aromatic carbocycles. The molecule has 3 rings (SSSR count). The number of hydrogen-bond acceptors (Lipinski definition) is 5. The van der Waals surface area contributed by atoms with E-state index in [0.717, 1.165) is 17.7 Å². The highest BCUT2D eigenvalue weighted by Gasteiger charge is 2.34. The second kappa shape index (κ2) is 11.9. The lowest BCUT2D eigenvalue weighted by Gasteiger charge is -2.26. The summed E-state index contributed by atoms with van der Waals surface area (Å²) in [4.78, 5) is 12.9. The largest absolute Gasteiger partial charge is 0.394 e. The summed E-state index contributed by atoms with van der Waals surface area (Å²) in [6, 6.07) is 16.0. The first-order valence-electron chi connectivity index (χ1n) is 10.0. The van der Waals surface area contributed by atoms with Crippen LogP contribution >= 0.6 is 35.0 Å². The van der Waals surface area contributed by atoms with Gasteiger partial charge in [0.25, 0.3) is 10.0 Å². The number of hydrogen-bond donors (Lipinski definition) is 2. The van der Waals surface area contributed by atoms with Crippen LogP contribution in [0, 0.1) is 5.82 Å². The number of aliphatic hydroxyl groups excluding tert-OH is 1. The first-order valence-corrected chi connectivity index (χ1v) is 13.4. The van der Waals surface area contributed by atoms with Crippen molar-refractivity contribution >= 4 is 56.7 Å². The van der Waals surface area contributed by atoms with Crippen molar-refractivity contribution in [3.05, 3.63) is 94.2 Å². The fraction of sp³-hybridized carbons (Fsp3) is 0.174. The van der Waals surface area contributed by atoms with Crippen LogP contribution in [0.2, 0.25) is 10.0 Å². The molecule has 2 N–H and O–H groups in total. The molecule has 2 amide bonds. The standard InChI is InChI=1S/C23H21Cl2FN2O4S2/c24-17-6-9-20(10-7-17)34(31,32)28(22-12-18(25)8-11-21(22)26)23(30)27-19(13-29)15-33-14-16-4-2-1-3-5-16/h1-12,19,29H,13-15H2,(H,27,30)/t19-/m1/s1. The highest BCUT2D eigenvalue weighted by molar-refractivity contribution is 7.98. The van der Waals surface area contributed by atoms with Gasteiger partial charge < -0.3 is 10.4 Å². The number of carbonyl (C=O) groups is 1. The van der Waals surface area contributed by atoms with Crippen LogP contribution in [-0.2, 0) is 15.8 Å². The molecule has 180 valence electrons. The van der Waals surface area contributed by atoms with Gasteiger partial charge >= 0.3 is 6.03 Å². The van der Waals surface area contributed by atoms with E-state index in [1.165, 1.54) is 42.1 Å². The summed E-state index contributed by atoms with van der Waals surface area (Å²) in [7, 11) is -4.55. The van der Waals surface area contributed by atoms with Crippen LogP contribution in [0.1, 0.15) is 5.56 Å². The minimum atomic E-state index is -4.55. The summed E-state index contributed by atoms with van der Waals surface area (Å²) in [5.41, 5.74) is 0.511. The van der Waals surface area contributed by atoms with E-state index in [1.807, 2.05) is 30.3 Å². The average molecular weight is 543 g/mol. The normalized spacial score (nSPS) is 12.2. The lowest BCUT2D eigenvalue weighted by atomic mass is 10.2. The Morgan fingerprint density at radius 1 is 1.03 bits per heavy atom. The molecule has 0 aliphatic carbocycles. The Hall–Kier alpha value is -2.30. The third-order valence-electron chi connectivity index (χ3n) is 4.64. The van der Waals surface area contributed by atoms with Crippen molar-refractivity contribution in [3.8, 4) is 0 Å². The summed E-state index contributed by atoms with van der Waals surface area (Å²) in [5, 5.41) is 12.6. The number of thioether (sulfide) groups is 1. The van der Waals surface area contributed by atoms with Gasteiger partial charge in [-0.05, 0) is 48.0 Å². The van der Waals surface area contributed by atoms with Crippen molar-refractivity contribution in [1.82, 2.24) is 5.32 Å². The van der Waals surface area contributed by atoms with E-state index >= 15 is 0 Å². The monoisotopic (exact) mass is 542 g/mol. The maximum atomic E-state index is 14.7. The van der Waals surface area contributed by atoms with Gasteiger partial charge in [0.15, 0.2) is 0 Å². The number of amides is 2. The van der Waals surface area contributed by atoms with Gasteiger partial charge in [-0.15, -0.1) is 0 Å². The fourth-order valence-corrected chi connectivity index (χ4v) is 5.64. The summed E-state index contributed by atoms with van der Waals surface area (Å²) in [6.07, 6.45) is 0. The van der Waals surface area contributed by atoms with Crippen molar-refractivity contribution in [2.75, 3.05) is 16.7 Å². The zero-order valence-electron chi connectivity index (χ0n) is 17.7. The highest BCUT2D eigenvalue weighted by Crippen LogP contribution is 2.30. The molecule has 34 heavy (non-hydrogen) atoms. The number of nitrogens with zero attached hydrogens (tertiary/aromatic N) is 1. The number of anilines is 1. The van der Waals surface area contributed by atoms with E-state index in [0.29, 0.717) is 20.8 Å². The first-order chi connectivity index (χ1) is 16.2. The first kappa shape index (κ1) is 26.3. The number of halogens is 3. The van der Waals surface area contributed by atoms with Crippen LogP contribution in [-0.4, -0.2) is 38.0 Å². The summed E-state index contributed by atoms with van der Waals surface area (Å²) < 4.78 is 41.7. The van der Waals surface area contributed by atoms with E-state index in [2.05, 4.69) is 5.32 Å². The number of carbonyl (C=O) groups excluding carboxylic acids is 1. The minimum Gasteiger partial charge on any atom is -0.394 e. The molecule has 0 spiro atoms. The molecular formula is C23H21Cl2FN2O4S2. The summed E-state index contributed by atoms with van der Waals surface area (Å²) in [6.45, 7) is -0.444. The molecule has 0 aliphatic heterocycles. The Morgan fingerprint density at radius 2 is 1.68 bits per heavy atom. The molecule has 0 saturated heterocycles. The van der Waals surface area contributed by atoms with Crippen LogP contribution in [0.3, 0.4) is 0 Å². The number of benzene rings is 3. The quantitative estimate of drug-likeness (QED) is 0.381. The molecule has 0 unspecified atom stereocenters. The molecule has 3 aromatic rings.